The fourth-order valence-electron chi connectivity index (χ4n) is 5.87. The van der Waals surface area contributed by atoms with Crippen LogP contribution in [-0.4, -0.2) is 70.7 Å². The molecule has 0 aromatic rings. The first-order valence-electron chi connectivity index (χ1n) is 22.5. The van der Waals surface area contributed by atoms with E-state index in [0.717, 1.165) is 70.6 Å². The van der Waals surface area contributed by atoms with Crippen LogP contribution in [0.3, 0.4) is 0 Å². The third-order valence-electron chi connectivity index (χ3n) is 9.33. The number of nitrogens with zero attached hydrogens (tertiary/aromatic N) is 1. The van der Waals surface area contributed by atoms with Crippen molar-refractivity contribution in [3.8, 4) is 0 Å². The van der Waals surface area contributed by atoms with Gasteiger partial charge in [-0.25, -0.2) is 0 Å². The summed E-state index contributed by atoms with van der Waals surface area (Å²) in [6.07, 6.45) is 49.5. The van der Waals surface area contributed by atoms with E-state index >= 15 is 0 Å². The predicted octanol–water partition coefficient (Wildman–Crippen LogP) is 12.7. The Bertz CT molecular complexity index is 1080. The van der Waals surface area contributed by atoms with Crippen LogP contribution in [0.5, 0.6) is 0 Å². The fraction of sp³-hybridized carbons (Fsp3) is 0.766. The molecule has 0 radical (unpaired) electrons. The second-order valence-corrected chi connectivity index (χ2v) is 17.4. The van der Waals surface area contributed by atoms with E-state index in [1.807, 2.05) is 21.1 Å². The molecule has 0 aromatic heterocycles. The first kappa shape index (κ1) is 54.2. The van der Waals surface area contributed by atoms with E-state index in [1.54, 1.807) is 0 Å². The molecule has 0 saturated heterocycles. The zero-order valence-corrected chi connectivity index (χ0v) is 37.7. The van der Waals surface area contributed by atoms with Gasteiger partial charge in [0.05, 0.1) is 34.4 Å². The maximum Gasteiger partial charge on any atom is 0.306 e. The highest BCUT2D eigenvalue weighted by molar-refractivity contribution is 7.45. The fourth-order valence-corrected chi connectivity index (χ4v) is 6.59. The van der Waals surface area contributed by atoms with Crippen LogP contribution >= 0.6 is 7.82 Å². The number of allylic oxidation sites excluding steroid dienone is 10. The highest BCUT2D eigenvalue weighted by atomic mass is 31.2. The van der Waals surface area contributed by atoms with E-state index in [4.69, 9.17) is 18.5 Å². The molecule has 0 aliphatic rings. The Balaban J connectivity index is 4.14. The summed E-state index contributed by atoms with van der Waals surface area (Å²) in [5.74, 6) is -0.341. The molecule has 0 N–H and O–H groups in total. The summed E-state index contributed by atoms with van der Waals surface area (Å²) < 4.78 is 34.5. The molecule has 0 bridgehead atoms. The van der Waals surface area contributed by atoms with E-state index in [2.05, 4.69) is 74.6 Å². The molecule has 0 heterocycles. The van der Waals surface area contributed by atoms with Crippen LogP contribution in [0.4, 0.5) is 0 Å². The van der Waals surface area contributed by atoms with Gasteiger partial charge in [0, 0.05) is 13.0 Å². The van der Waals surface area contributed by atoms with Gasteiger partial charge in [0.1, 0.15) is 19.3 Å². The van der Waals surface area contributed by atoms with Gasteiger partial charge in [0.25, 0.3) is 7.82 Å². The lowest BCUT2D eigenvalue weighted by Crippen LogP contribution is -2.37. The standard InChI is InChI=1S/C47H86NO7P/c1-6-8-10-12-14-16-18-19-20-21-22-23-24-25-26-27-28-29-30-31-33-35-37-39-42-52-44-46(45-54-56(50,51)53-43-41-48(3,4)5)55-47(49)40-38-36-34-32-17-15-13-11-9-7-2/h8,10,14,16,19-20,22-23,25-26,46H,6-7,9,11-13,15,17-18,21,24,27-45H2,1-5H3/b10-8-,16-14-,20-19-,23-22-,26-25-. The minimum Gasteiger partial charge on any atom is -0.756 e. The summed E-state index contributed by atoms with van der Waals surface area (Å²) >= 11 is 0. The van der Waals surface area contributed by atoms with Crippen LogP contribution in [0.2, 0.25) is 0 Å². The molecule has 0 spiro atoms. The summed E-state index contributed by atoms with van der Waals surface area (Å²) in [4.78, 5) is 25.0. The maximum absolute atomic E-state index is 12.6. The minimum atomic E-state index is -4.52. The van der Waals surface area contributed by atoms with E-state index in [9.17, 15) is 14.3 Å². The number of hydrogen-bond acceptors (Lipinski definition) is 7. The van der Waals surface area contributed by atoms with Crippen molar-refractivity contribution < 1.29 is 37.3 Å². The maximum atomic E-state index is 12.6. The Morgan fingerprint density at radius 1 is 0.571 bits per heavy atom. The Morgan fingerprint density at radius 3 is 1.55 bits per heavy atom. The van der Waals surface area contributed by atoms with Gasteiger partial charge in [-0.05, 0) is 57.8 Å². The highest BCUT2D eigenvalue weighted by Crippen LogP contribution is 2.38. The molecule has 9 heteroatoms. The number of ether oxygens (including phenoxy) is 2. The van der Waals surface area contributed by atoms with Crippen LogP contribution in [0.15, 0.2) is 60.8 Å². The van der Waals surface area contributed by atoms with Crippen molar-refractivity contribution in [2.45, 2.75) is 180 Å². The van der Waals surface area contributed by atoms with E-state index in [1.165, 1.54) is 83.5 Å². The molecule has 8 nitrogen and oxygen atoms in total. The molecule has 0 rings (SSSR count). The van der Waals surface area contributed by atoms with Crippen LogP contribution in [0.1, 0.15) is 174 Å². The summed E-state index contributed by atoms with van der Waals surface area (Å²) in [7, 11) is 1.34. The quantitative estimate of drug-likeness (QED) is 0.0200. The normalized spacial score (nSPS) is 14.3. The number of carbonyl (C=O) groups is 1. The van der Waals surface area contributed by atoms with Gasteiger partial charge in [-0.3, -0.25) is 9.36 Å². The average Bonchev–Trinajstić information content (AvgIpc) is 3.15. The van der Waals surface area contributed by atoms with Gasteiger partial charge in [0.2, 0.25) is 0 Å². The summed E-state index contributed by atoms with van der Waals surface area (Å²) in [5, 5.41) is 0. The number of unbranched alkanes of at least 4 members (excludes halogenated alkanes) is 17. The number of carbonyl (C=O) groups excluding carboxylic acids is 1. The number of esters is 1. The topological polar surface area (TPSA) is 94.1 Å². The van der Waals surface area contributed by atoms with Crippen molar-refractivity contribution >= 4 is 13.8 Å². The largest absolute Gasteiger partial charge is 0.756 e. The molecule has 0 aliphatic carbocycles. The number of phosphoric ester groups is 1. The Kier molecular flexibility index (Phi) is 38.7. The van der Waals surface area contributed by atoms with Gasteiger partial charge in [-0.1, -0.05) is 171 Å². The SMILES string of the molecule is CC/C=C\C/C=C\C/C=C\C/C=C\C/C=C\CCCCCCCCCCOCC(COP(=O)([O-])OCC[N+](C)(C)C)OC(=O)CCCCCCCCCCCC. The van der Waals surface area contributed by atoms with E-state index in [-0.39, 0.29) is 25.8 Å². The molecule has 56 heavy (non-hydrogen) atoms. The van der Waals surface area contributed by atoms with Crippen molar-refractivity contribution in [1.82, 2.24) is 0 Å². The molecule has 0 amide bonds. The number of likely N-dealkylation sites (N-methyl/N-ethyl adjacent to an activating group) is 1. The Labute approximate surface area is 345 Å². The van der Waals surface area contributed by atoms with Crippen LogP contribution in [0.25, 0.3) is 0 Å². The first-order chi connectivity index (χ1) is 27.1. The predicted molar refractivity (Wildman–Crippen MR) is 236 cm³/mol. The number of phosphoric acid groups is 1. The second kappa shape index (κ2) is 40.0. The van der Waals surface area contributed by atoms with Gasteiger partial charge < -0.3 is 27.9 Å². The zero-order chi connectivity index (χ0) is 41.3. The van der Waals surface area contributed by atoms with Crippen molar-refractivity contribution in [1.29, 1.82) is 0 Å². The number of rotatable bonds is 41. The lowest BCUT2D eigenvalue weighted by molar-refractivity contribution is -0.870. The molecule has 2 unspecified atom stereocenters. The first-order valence-corrected chi connectivity index (χ1v) is 24.0. The third kappa shape index (κ3) is 43.3. The molecule has 2 atom stereocenters. The number of quaternary nitrogens is 1. The number of hydrogen-bond donors (Lipinski definition) is 0. The monoisotopic (exact) mass is 808 g/mol. The van der Waals surface area contributed by atoms with Crippen molar-refractivity contribution in [3.05, 3.63) is 60.8 Å². The van der Waals surface area contributed by atoms with Gasteiger partial charge in [-0.2, -0.15) is 0 Å². The summed E-state index contributed by atoms with van der Waals surface area (Å²) in [5.41, 5.74) is 0. The molecular formula is C47H86NO7P. The molecular weight excluding hydrogens is 721 g/mol. The minimum absolute atomic E-state index is 0.0229. The van der Waals surface area contributed by atoms with Crippen molar-refractivity contribution in [3.63, 3.8) is 0 Å². The molecule has 0 saturated carbocycles. The lowest BCUT2D eigenvalue weighted by atomic mass is 10.1. The van der Waals surface area contributed by atoms with Crippen LogP contribution < -0.4 is 4.89 Å². The smallest absolute Gasteiger partial charge is 0.306 e. The summed E-state index contributed by atoms with van der Waals surface area (Å²) in [6.45, 7) is 5.26. The van der Waals surface area contributed by atoms with Crippen LogP contribution in [0, 0.1) is 0 Å². The molecule has 0 aliphatic heterocycles. The lowest BCUT2D eigenvalue weighted by Gasteiger charge is -2.28. The van der Waals surface area contributed by atoms with E-state index in [0.29, 0.717) is 24.1 Å². The Morgan fingerprint density at radius 2 is 1.04 bits per heavy atom. The second-order valence-electron chi connectivity index (χ2n) is 16.0. The van der Waals surface area contributed by atoms with Crippen LogP contribution in [-0.2, 0) is 27.9 Å². The molecule has 0 fully saturated rings. The van der Waals surface area contributed by atoms with Gasteiger partial charge in [-0.15, -0.1) is 0 Å². The molecule has 326 valence electrons. The zero-order valence-electron chi connectivity index (χ0n) is 36.8. The van der Waals surface area contributed by atoms with Gasteiger partial charge in [0.15, 0.2) is 0 Å². The van der Waals surface area contributed by atoms with Gasteiger partial charge >= 0.3 is 5.97 Å². The van der Waals surface area contributed by atoms with Crippen molar-refractivity contribution in [2.24, 2.45) is 0 Å². The van der Waals surface area contributed by atoms with E-state index < -0.39 is 13.9 Å². The Hall–Kier alpha value is -1.80. The molecule has 0 aromatic carbocycles. The van der Waals surface area contributed by atoms with Crippen molar-refractivity contribution in [2.75, 3.05) is 54.1 Å². The average molecular weight is 808 g/mol. The third-order valence-corrected chi connectivity index (χ3v) is 10.3. The highest BCUT2D eigenvalue weighted by Gasteiger charge is 2.20. The summed E-state index contributed by atoms with van der Waals surface area (Å²) in [6, 6.07) is 0.